The second-order valence-corrected chi connectivity index (χ2v) is 7.05. The number of methoxy groups -OCH3 is 1. The Bertz CT molecular complexity index is 1190. The van der Waals surface area contributed by atoms with Gasteiger partial charge in [0, 0.05) is 30.4 Å². The number of aryl methyl sites for hydroxylation is 2. The van der Waals surface area contributed by atoms with E-state index in [-0.39, 0.29) is 30.4 Å². The zero-order valence-corrected chi connectivity index (χ0v) is 17.8. The van der Waals surface area contributed by atoms with Gasteiger partial charge in [-0.2, -0.15) is 18.2 Å². The van der Waals surface area contributed by atoms with E-state index in [1.54, 1.807) is 32.0 Å². The maximum Gasteiger partial charge on any atom is 0.453 e. The number of nitrogens with zero attached hydrogens (tertiary/aromatic N) is 4. The van der Waals surface area contributed by atoms with Gasteiger partial charge in [0.1, 0.15) is 5.75 Å². The quantitative estimate of drug-likeness (QED) is 0.596. The Morgan fingerprint density at radius 3 is 2.50 bits per heavy atom. The van der Waals surface area contributed by atoms with Crippen LogP contribution in [-0.4, -0.2) is 38.5 Å². The lowest BCUT2D eigenvalue weighted by Gasteiger charge is -2.13. The second kappa shape index (κ2) is 8.81. The Balaban J connectivity index is 1.75. The molecule has 3 rings (SSSR count). The van der Waals surface area contributed by atoms with E-state index >= 15 is 0 Å². The predicted molar refractivity (Wildman–Crippen MR) is 110 cm³/mol. The average Bonchev–Trinajstić information content (AvgIpc) is 3.12. The first-order valence-electron chi connectivity index (χ1n) is 9.55. The Morgan fingerprint density at radius 2 is 1.88 bits per heavy atom. The summed E-state index contributed by atoms with van der Waals surface area (Å²) < 4.78 is 45.0. The number of ether oxygens (including phenoxy) is 1. The van der Waals surface area contributed by atoms with Gasteiger partial charge in [-0.25, -0.2) is 9.50 Å². The van der Waals surface area contributed by atoms with Gasteiger partial charge in [0.25, 0.3) is 11.6 Å². The number of carbonyl (C=O) groups excluding carboxylic acids is 2. The fourth-order valence-electron chi connectivity index (χ4n) is 3.23. The van der Waals surface area contributed by atoms with Crippen molar-refractivity contribution in [1.29, 1.82) is 0 Å². The minimum absolute atomic E-state index is 0.0528. The van der Waals surface area contributed by atoms with Crippen molar-refractivity contribution < 1.29 is 27.5 Å². The van der Waals surface area contributed by atoms with Gasteiger partial charge in [-0.3, -0.25) is 9.59 Å². The number of carbonyl (C=O) groups is 2. The molecular formula is C20H21F3N6O3. The normalized spacial score (nSPS) is 11.5. The van der Waals surface area contributed by atoms with Crippen molar-refractivity contribution in [2.45, 2.75) is 39.8 Å². The highest BCUT2D eigenvalue weighted by Gasteiger charge is 2.37. The molecule has 12 heteroatoms. The highest BCUT2D eigenvalue weighted by atomic mass is 19.4. The van der Waals surface area contributed by atoms with Gasteiger partial charge in [0.05, 0.1) is 12.8 Å². The number of nitrogens with one attached hydrogen (secondary N) is 2. The number of fused-ring (bicyclic) bond motifs is 1. The summed E-state index contributed by atoms with van der Waals surface area (Å²) in [6.45, 7) is 4.60. The van der Waals surface area contributed by atoms with Crippen LogP contribution in [0.1, 0.15) is 36.1 Å². The molecule has 2 heterocycles. The van der Waals surface area contributed by atoms with Crippen LogP contribution < -0.4 is 15.4 Å². The van der Waals surface area contributed by atoms with Crippen molar-refractivity contribution in [1.82, 2.24) is 19.6 Å². The lowest BCUT2D eigenvalue weighted by Crippen LogP contribution is -2.15. The van der Waals surface area contributed by atoms with Gasteiger partial charge < -0.3 is 15.4 Å². The van der Waals surface area contributed by atoms with Crippen LogP contribution in [0.5, 0.6) is 5.75 Å². The number of rotatable bonds is 6. The summed E-state index contributed by atoms with van der Waals surface area (Å²) in [4.78, 5) is 31.3. The molecule has 0 atom stereocenters. The van der Waals surface area contributed by atoms with E-state index in [0.717, 1.165) is 4.52 Å². The number of benzene rings is 1. The Kier molecular flexibility index (Phi) is 6.32. The van der Waals surface area contributed by atoms with Gasteiger partial charge in [-0.1, -0.05) is 0 Å². The Hall–Kier alpha value is -3.70. The molecule has 0 saturated heterocycles. The van der Waals surface area contributed by atoms with Gasteiger partial charge in [0.2, 0.25) is 11.8 Å². The molecule has 170 valence electrons. The number of alkyl halides is 3. The molecule has 0 spiro atoms. The molecular weight excluding hydrogens is 429 g/mol. The summed E-state index contributed by atoms with van der Waals surface area (Å²) >= 11 is 0. The predicted octanol–water partition coefficient (Wildman–Crippen LogP) is 3.30. The lowest BCUT2D eigenvalue weighted by atomic mass is 10.1. The minimum atomic E-state index is -4.68. The van der Waals surface area contributed by atoms with E-state index in [9.17, 15) is 22.8 Å². The molecule has 9 nitrogen and oxygen atoms in total. The Morgan fingerprint density at radius 1 is 1.16 bits per heavy atom. The van der Waals surface area contributed by atoms with Crippen LogP contribution in [0.4, 0.5) is 24.5 Å². The molecule has 3 aromatic rings. The summed E-state index contributed by atoms with van der Waals surface area (Å²) in [5.41, 5.74) is 2.38. The molecule has 32 heavy (non-hydrogen) atoms. The van der Waals surface area contributed by atoms with Crippen molar-refractivity contribution in [2.75, 3.05) is 17.7 Å². The van der Waals surface area contributed by atoms with E-state index in [0.29, 0.717) is 34.1 Å². The van der Waals surface area contributed by atoms with Crippen LogP contribution in [0.15, 0.2) is 18.2 Å². The SMILES string of the molecule is COc1ccc(NC(=O)CCc2c(C)nc3nc(C(F)(F)F)nn3c2C)cc1NC(C)=O. The molecule has 0 fully saturated rings. The van der Waals surface area contributed by atoms with E-state index in [4.69, 9.17) is 4.74 Å². The van der Waals surface area contributed by atoms with Crippen LogP contribution in [0, 0.1) is 13.8 Å². The van der Waals surface area contributed by atoms with E-state index in [1.807, 2.05) is 0 Å². The summed E-state index contributed by atoms with van der Waals surface area (Å²) in [5, 5.41) is 8.85. The maximum absolute atomic E-state index is 12.9. The third-order valence-corrected chi connectivity index (χ3v) is 4.70. The van der Waals surface area contributed by atoms with Gasteiger partial charge in [-0.05, 0) is 44.0 Å². The first kappa shape index (κ1) is 23.0. The number of amides is 2. The first-order chi connectivity index (χ1) is 15.0. The topological polar surface area (TPSA) is 111 Å². The van der Waals surface area contributed by atoms with E-state index < -0.39 is 12.0 Å². The van der Waals surface area contributed by atoms with E-state index in [1.165, 1.54) is 14.0 Å². The molecule has 0 unspecified atom stereocenters. The zero-order valence-electron chi connectivity index (χ0n) is 17.8. The summed E-state index contributed by atoms with van der Waals surface area (Å²) in [6, 6.07) is 4.80. The first-order valence-corrected chi connectivity index (χ1v) is 9.55. The standard InChI is InChI=1S/C20H21F3N6O3/c1-10-14(11(2)29-19(24-10)27-18(28-29)20(21,22)23)6-8-17(31)26-13-5-7-16(32-4)15(9-13)25-12(3)30/h5,7,9H,6,8H2,1-4H3,(H,25,30)(H,26,31). The molecule has 1 aromatic carbocycles. The number of halogens is 3. The van der Waals surface area contributed by atoms with Gasteiger partial charge >= 0.3 is 6.18 Å². The fraction of sp³-hybridized carbons (Fsp3) is 0.350. The number of hydrogen-bond donors (Lipinski definition) is 2. The van der Waals surface area contributed by atoms with Gasteiger partial charge in [-0.15, -0.1) is 5.10 Å². The van der Waals surface area contributed by atoms with Crippen LogP contribution in [0.3, 0.4) is 0 Å². The van der Waals surface area contributed by atoms with E-state index in [2.05, 4.69) is 25.7 Å². The van der Waals surface area contributed by atoms with Crippen LogP contribution in [-0.2, 0) is 22.2 Å². The van der Waals surface area contributed by atoms with Crippen molar-refractivity contribution in [3.8, 4) is 5.75 Å². The third kappa shape index (κ3) is 4.95. The van der Waals surface area contributed by atoms with Crippen molar-refractivity contribution in [3.63, 3.8) is 0 Å². The highest BCUT2D eigenvalue weighted by Crippen LogP contribution is 2.29. The van der Waals surface area contributed by atoms with Crippen LogP contribution >= 0.6 is 0 Å². The monoisotopic (exact) mass is 450 g/mol. The summed E-state index contributed by atoms with van der Waals surface area (Å²) in [7, 11) is 1.46. The second-order valence-electron chi connectivity index (χ2n) is 7.05. The molecule has 0 aliphatic carbocycles. The number of aromatic nitrogens is 4. The number of anilines is 2. The van der Waals surface area contributed by atoms with Crippen molar-refractivity contribution in [3.05, 3.63) is 41.0 Å². The smallest absolute Gasteiger partial charge is 0.453 e. The lowest BCUT2D eigenvalue weighted by molar-refractivity contribution is -0.144. The fourth-order valence-corrected chi connectivity index (χ4v) is 3.23. The molecule has 0 aliphatic rings. The molecule has 0 bridgehead atoms. The third-order valence-electron chi connectivity index (χ3n) is 4.70. The molecule has 0 saturated carbocycles. The molecule has 0 aliphatic heterocycles. The largest absolute Gasteiger partial charge is 0.495 e. The Labute approximate surface area is 181 Å². The van der Waals surface area contributed by atoms with Crippen LogP contribution in [0.25, 0.3) is 5.78 Å². The van der Waals surface area contributed by atoms with Crippen LogP contribution in [0.2, 0.25) is 0 Å². The molecule has 2 N–H and O–H groups in total. The zero-order chi connectivity index (χ0) is 23.6. The average molecular weight is 450 g/mol. The number of hydrogen-bond acceptors (Lipinski definition) is 6. The minimum Gasteiger partial charge on any atom is -0.495 e. The van der Waals surface area contributed by atoms with Gasteiger partial charge in [0.15, 0.2) is 0 Å². The maximum atomic E-state index is 12.9. The summed E-state index contributed by atoms with van der Waals surface area (Å²) in [6.07, 6.45) is -4.39. The van der Waals surface area contributed by atoms with Crippen molar-refractivity contribution >= 4 is 29.0 Å². The highest BCUT2D eigenvalue weighted by molar-refractivity contribution is 5.94. The molecule has 2 aromatic heterocycles. The summed E-state index contributed by atoms with van der Waals surface area (Å²) in [5.74, 6) is -1.59. The molecule has 0 radical (unpaired) electrons. The molecule has 2 amide bonds. The van der Waals surface area contributed by atoms with Crippen molar-refractivity contribution in [2.24, 2.45) is 0 Å².